The molecule has 0 aliphatic heterocycles. The van der Waals surface area contributed by atoms with Gasteiger partial charge in [0.05, 0.1) is 11.1 Å². The molecule has 2 N–H and O–H groups in total. The molecule has 0 unspecified atom stereocenters. The summed E-state index contributed by atoms with van der Waals surface area (Å²) in [5.74, 6) is -3.26. The average molecular weight is 351 g/mol. The molecule has 1 aliphatic carbocycles. The molecule has 0 spiro atoms. The van der Waals surface area contributed by atoms with E-state index in [0.717, 1.165) is 12.1 Å². The van der Waals surface area contributed by atoms with Crippen LogP contribution in [0.3, 0.4) is 0 Å². The fraction of sp³-hybridized carbons (Fsp3) is 0.333. The van der Waals surface area contributed by atoms with E-state index in [-0.39, 0.29) is 17.5 Å². The Balaban J connectivity index is 2.13. The Morgan fingerprint density at radius 2 is 1.71 bits per heavy atom. The highest BCUT2D eigenvalue weighted by Crippen LogP contribution is 2.49. The maximum Gasteiger partial charge on any atom is 0.453 e. The van der Waals surface area contributed by atoms with Crippen molar-refractivity contribution in [3.8, 4) is 16.9 Å². The van der Waals surface area contributed by atoms with Crippen LogP contribution in [0.2, 0.25) is 0 Å². The van der Waals surface area contributed by atoms with E-state index in [2.05, 4.69) is 9.73 Å². The molecule has 1 heterocycles. The number of hydrogen-bond donors (Lipinski definition) is 2. The molecule has 0 atom stereocenters. The Bertz CT molecular complexity index is 758. The molecule has 1 aromatic carbocycles. The van der Waals surface area contributed by atoms with E-state index in [4.69, 9.17) is 0 Å². The van der Waals surface area contributed by atoms with Crippen molar-refractivity contribution in [1.29, 1.82) is 0 Å². The number of furan rings is 1. The zero-order chi connectivity index (χ0) is 17.7. The number of anilines is 1. The first-order valence-corrected chi connectivity index (χ1v) is 6.94. The second kappa shape index (κ2) is 5.35. The molecule has 130 valence electrons. The highest BCUT2D eigenvalue weighted by molar-refractivity contribution is 5.82. The summed E-state index contributed by atoms with van der Waals surface area (Å²) in [4.78, 5) is 0. The van der Waals surface area contributed by atoms with Gasteiger partial charge >= 0.3 is 12.4 Å². The predicted molar refractivity (Wildman–Crippen MR) is 72.5 cm³/mol. The van der Waals surface area contributed by atoms with Crippen LogP contribution in [0, 0.1) is 0 Å². The average Bonchev–Trinajstić information content (AvgIpc) is 3.20. The summed E-state index contributed by atoms with van der Waals surface area (Å²) in [5, 5.41) is 12.6. The molecular weight excluding hydrogens is 340 g/mol. The minimum absolute atomic E-state index is 0.124. The summed E-state index contributed by atoms with van der Waals surface area (Å²) in [5.41, 5.74) is -1.68. The molecule has 2 aromatic rings. The van der Waals surface area contributed by atoms with Crippen LogP contribution in [0.4, 0.5) is 32.2 Å². The molecule has 1 aromatic heterocycles. The summed E-state index contributed by atoms with van der Waals surface area (Å²) >= 11 is 0. The van der Waals surface area contributed by atoms with Crippen LogP contribution in [0.5, 0.6) is 5.75 Å². The van der Waals surface area contributed by atoms with Crippen molar-refractivity contribution in [2.24, 2.45) is 0 Å². The number of halogens is 6. The van der Waals surface area contributed by atoms with Crippen LogP contribution < -0.4 is 5.32 Å². The van der Waals surface area contributed by atoms with Gasteiger partial charge in [-0.25, -0.2) is 0 Å². The van der Waals surface area contributed by atoms with Crippen LogP contribution >= 0.6 is 0 Å². The van der Waals surface area contributed by atoms with Crippen molar-refractivity contribution in [2.75, 3.05) is 5.32 Å². The topological polar surface area (TPSA) is 45.4 Å². The number of aromatic hydroxyl groups is 1. The van der Waals surface area contributed by atoms with Gasteiger partial charge in [-0.3, -0.25) is 0 Å². The van der Waals surface area contributed by atoms with Gasteiger partial charge in [0.2, 0.25) is 5.88 Å². The Hall–Kier alpha value is -2.32. The van der Waals surface area contributed by atoms with Gasteiger partial charge in [-0.1, -0.05) is 12.1 Å². The highest BCUT2D eigenvalue weighted by atomic mass is 19.4. The summed E-state index contributed by atoms with van der Waals surface area (Å²) in [6, 6.07) is 3.57. The van der Waals surface area contributed by atoms with E-state index < -0.39 is 35.0 Å². The molecule has 3 nitrogen and oxygen atoms in total. The number of nitrogens with one attached hydrogen (secondary N) is 1. The van der Waals surface area contributed by atoms with Crippen molar-refractivity contribution in [3.63, 3.8) is 0 Å². The standard InChI is InChI=1S/C15H11F6NO2/c16-14(17,18)8-3-1-2-7(6-8)10-11(23)12(15(19,20)21)24-13(10)22-9-4-5-9/h1-3,6,9,22-23H,4-5H2. The Morgan fingerprint density at radius 1 is 1.04 bits per heavy atom. The number of benzene rings is 1. The van der Waals surface area contributed by atoms with Crippen LogP contribution in [0.25, 0.3) is 11.1 Å². The van der Waals surface area contributed by atoms with Crippen LogP contribution in [-0.2, 0) is 12.4 Å². The largest absolute Gasteiger partial charge is 0.504 e. The zero-order valence-corrected chi connectivity index (χ0v) is 11.9. The molecule has 0 amide bonds. The molecule has 0 bridgehead atoms. The maximum absolute atomic E-state index is 12.9. The number of rotatable bonds is 3. The van der Waals surface area contributed by atoms with Crippen LogP contribution in [0.1, 0.15) is 24.2 Å². The first kappa shape index (κ1) is 16.5. The Labute approximate surface area is 131 Å². The SMILES string of the molecule is Oc1c(C(F)(F)F)oc(NC2CC2)c1-c1cccc(C(F)(F)F)c1. The second-order valence-corrected chi connectivity index (χ2v) is 5.48. The molecule has 9 heteroatoms. The lowest BCUT2D eigenvalue weighted by Crippen LogP contribution is -2.05. The lowest BCUT2D eigenvalue weighted by molar-refractivity contribution is -0.153. The number of alkyl halides is 6. The normalized spacial score (nSPS) is 15.6. The quantitative estimate of drug-likeness (QED) is 0.741. The Kier molecular flexibility index (Phi) is 3.69. The molecule has 24 heavy (non-hydrogen) atoms. The first-order chi connectivity index (χ1) is 11.1. The van der Waals surface area contributed by atoms with Gasteiger partial charge in [0.15, 0.2) is 5.75 Å². The highest BCUT2D eigenvalue weighted by Gasteiger charge is 2.42. The molecule has 0 radical (unpaired) electrons. The molecular formula is C15H11F6NO2. The van der Waals surface area contributed by atoms with Gasteiger partial charge in [-0.05, 0) is 30.5 Å². The van der Waals surface area contributed by atoms with Crippen molar-refractivity contribution in [3.05, 3.63) is 35.6 Å². The van der Waals surface area contributed by atoms with E-state index in [1.165, 1.54) is 6.07 Å². The summed E-state index contributed by atoms with van der Waals surface area (Å²) in [7, 11) is 0. The maximum atomic E-state index is 12.9. The van der Waals surface area contributed by atoms with E-state index in [9.17, 15) is 31.4 Å². The smallest absolute Gasteiger partial charge is 0.453 e. The van der Waals surface area contributed by atoms with Gasteiger partial charge in [0, 0.05) is 6.04 Å². The van der Waals surface area contributed by atoms with Gasteiger partial charge in [0.25, 0.3) is 5.76 Å². The summed E-state index contributed by atoms with van der Waals surface area (Å²) in [6.07, 6.45) is -8.23. The minimum atomic E-state index is -4.97. The van der Waals surface area contributed by atoms with Gasteiger partial charge < -0.3 is 14.8 Å². The molecule has 3 rings (SSSR count). The third-order valence-corrected chi connectivity index (χ3v) is 3.53. The van der Waals surface area contributed by atoms with Crippen LogP contribution in [-0.4, -0.2) is 11.1 Å². The number of hydrogen-bond acceptors (Lipinski definition) is 3. The molecule has 1 fully saturated rings. The van der Waals surface area contributed by atoms with E-state index in [1.54, 1.807) is 0 Å². The van der Waals surface area contributed by atoms with E-state index in [0.29, 0.717) is 18.9 Å². The fourth-order valence-corrected chi connectivity index (χ4v) is 2.25. The Morgan fingerprint density at radius 3 is 2.25 bits per heavy atom. The van der Waals surface area contributed by atoms with E-state index in [1.807, 2.05) is 0 Å². The monoisotopic (exact) mass is 351 g/mol. The van der Waals surface area contributed by atoms with Gasteiger partial charge in [0.1, 0.15) is 0 Å². The summed E-state index contributed by atoms with van der Waals surface area (Å²) < 4.78 is 81.9. The second-order valence-electron chi connectivity index (χ2n) is 5.48. The lowest BCUT2D eigenvalue weighted by atomic mass is 10.0. The van der Waals surface area contributed by atoms with Crippen molar-refractivity contribution >= 4 is 5.88 Å². The summed E-state index contributed by atoms with van der Waals surface area (Å²) in [6.45, 7) is 0. The van der Waals surface area contributed by atoms with Gasteiger partial charge in [-0.2, -0.15) is 26.3 Å². The molecule has 1 aliphatic rings. The fourth-order valence-electron chi connectivity index (χ4n) is 2.25. The lowest BCUT2D eigenvalue weighted by Gasteiger charge is -2.09. The molecule has 0 saturated heterocycles. The van der Waals surface area contributed by atoms with Crippen LogP contribution in [0.15, 0.2) is 28.7 Å². The van der Waals surface area contributed by atoms with Crippen molar-refractivity contribution < 1.29 is 35.9 Å². The third-order valence-electron chi connectivity index (χ3n) is 3.53. The minimum Gasteiger partial charge on any atom is -0.504 e. The third kappa shape index (κ3) is 3.15. The van der Waals surface area contributed by atoms with Crippen molar-refractivity contribution in [2.45, 2.75) is 31.2 Å². The zero-order valence-electron chi connectivity index (χ0n) is 11.9. The van der Waals surface area contributed by atoms with E-state index >= 15 is 0 Å². The first-order valence-electron chi connectivity index (χ1n) is 6.94. The molecule has 1 saturated carbocycles. The van der Waals surface area contributed by atoms with Gasteiger partial charge in [-0.15, -0.1) is 0 Å². The van der Waals surface area contributed by atoms with Crippen molar-refractivity contribution in [1.82, 2.24) is 0 Å². The predicted octanol–water partition coefficient (Wildman–Crippen LogP) is 5.26.